The third-order valence-electron chi connectivity index (χ3n) is 4.54. The number of rotatable bonds is 2. The Hall–Kier alpha value is -1.62. The molecule has 2 heterocycles. The first-order valence-corrected chi connectivity index (χ1v) is 8.44. The van der Waals surface area contributed by atoms with Crippen LogP contribution < -0.4 is 10.6 Å². The molecular formula is C18H30N4O. The van der Waals surface area contributed by atoms with Gasteiger partial charge in [-0.3, -0.25) is 9.88 Å². The lowest BCUT2D eigenvalue weighted by Crippen LogP contribution is -2.51. The number of nitrogens with zero attached hydrogens (tertiary/aromatic N) is 2. The number of hydrogen-bond acceptors (Lipinski definition) is 3. The number of urea groups is 1. The van der Waals surface area contributed by atoms with Gasteiger partial charge in [0.15, 0.2) is 0 Å². The van der Waals surface area contributed by atoms with E-state index in [1.54, 1.807) is 0 Å². The van der Waals surface area contributed by atoms with Crippen molar-refractivity contribution in [3.05, 3.63) is 23.0 Å². The minimum Gasteiger partial charge on any atom is -0.335 e. The highest BCUT2D eigenvalue weighted by Gasteiger charge is 2.27. The van der Waals surface area contributed by atoms with Gasteiger partial charge in [-0.15, -0.1) is 0 Å². The van der Waals surface area contributed by atoms with Crippen LogP contribution in [0.1, 0.15) is 50.6 Å². The lowest BCUT2D eigenvalue weighted by Gasteiger charge is -2.41. The van der Waals surface area contributed by atoms with Gasteiger partial charge in [-0.05, 0) is 66.0 Å². The van der Waals surface area contributed by atoms with Gasteiger partial charge in [-0.1, -0.05) is 0 Å². The minimum absolute atomic E-state index is 0.129. The maximum atomic E-state index is 12.3. The van der Waals surface area contributed by atoms with Crippen LogP contribution in [0.25, 0.3) is 0 Å². The molecule has 0 atom stereocenters. The molecule has 0 radical (unpaired) electrons. The van der Waals surface area contributed by atoms with Crippen LogP contribution in [0.3, 0.4) is 0 Å². The fraction of sp³-hybridized carbons (Fsp3) is 0.667. The van der Waals surface area contributed by atoms with E-state index < -0.39 is 0 Å². The number of hydrogen-bond donors (Lipinski definition) is 2. The van der Waals surface area contributed by atoms with Gasteiger partial charge in [-0.25, -0.2) is 4.79 Å². The van der Waals surface area contributed by atoms with Gasteiger partial charge in [0.25, 0.3) is 0 Å². The standard InChI is InChI=1S/C18H30N4O/c1-12-11-13(2)19-14(3)16(12)21-17(23)20-15-7-9-22(10-8-15)18(4,5)6/h11,15H,7-10H2,1-6H3,(H2,20,21,23). The molecule has 1 fully saturated rings. The summed E-state index contributed by atoms with van der Waals surface area (Å²) in [6.45, 7) is 14.7. The molecule has 1 saturated heterocycles. The van der Waals surface area contributed by atoms with Gasteiger partial charge < -0.3 is 10.6 Å². The highest BCUT2D eigenvalue weighted by atomic mass is 16.2. The summed E-state index contributed by atoms with van der Waals surface area (Å²) in [5, 5.41) is 6.07. The molecule has 2 amide bonds. The number of aromatic nitrogens is 1. The van der Waals surface area contributed by atoms with E-state index in [0.717, 1.165) is 48.6 Å². The van der Waals surface area contributed by atoms with Gasteiger partial charge in [-0.2, -0.15) is 0 Å². The molecule has 1 aromatic rings. The number of carbonyl (C=O) groups is 1. The van der Waals surface area contributed by atoms with Gasteiger partial charge in [0, 0.05) is 30.4 Å². The van der Waals surface area contributed by atoms with Crippen LogP contribution in [0, 0.1) is 20.8 Å². The van der Waals surface area contributed by atoms with Crippen LogP contribution in [0.4, 0.5) is 10.5 Å². The third-order valence-corrected chi connectivity index (χ3v) is 4.54. The Morgan fingerprint density at radius 2 is 1.83 bits per heavy atom. The van der Waals surface area contributed by atoms with Crippen LogP contribution in [0.15, 0.2) is 6.07 Å². The zero-order chi connectivity index (χ0) is 17.2. The van der Waals surface area contributed by atoms with E-state index in [9.17, 15) is 4.79 Å². The van der Waals surface area contributed by atoms with Crippen molar-refractivity contribution in [1.82, 2.24) is 15.2 Å². The van der Waals surface area contributed by atoms with Gasteiger partial charge in [0.05, 0.1) is 11.4 Å². The minimum atomic E-state index is -0.129. The first kappa shape index (κ1) is 17.7. The monoisotopic (exact) mass is 318 g/mol. The van der Waals surface area contributed by atoms with Gasteiger partial charge in [0.2, 0.25) is 0 Å². The second kappa shape index (κ2) is 6.87. The van der Waals surface area contributed by atoms with E-state index in [0.29, 0.717) is 0 Å². The predicted molar refractivity (Wildman–Crippen MR) is 95.0 cm³/mol. The van der Waals surface area contributed by atoms with E-state index in [4.69, 9.17) is 0 Å². The van der Waals surface area contributed by atoms with E-state index in [-0.39, 0.29) is 17.6 Å². The smallest absolute Gasteiger partial charge is 0.319 e. The molecule has 1 aliphatic heterocycles. The molecule has 23 heavy (non-hydrogen) atoms. The number of nitrogens with one attached hydrogen (secondary N) is 2. The molecule has 0 unspecified atom stereocenters. The number of anilines is 1. The van der Waals surface area contributed by atoms with Crippen molar-refractivity contribution in [1.29, 1.82) is 0 Å². The highest BCUT2D eigenvalue weighted by molar-refractivity contribution is 5.90. The van der Waals surface area contributed by atoms with Crippen molar-refractivity contribution in [2.75, 3.05) is 18.4 Å². The Morgan fingerprint density at radius 3 is 2.35 bits per heavy atom. The molecule has 0 spiro atoms. The quantitative estimate of drug-likeness (QED) is 0.879. The van der Waals surface area contributed by atoms with Crippen LogP contribution >= 0.6 is 0 Å². The molecule has 2 N–H and O–H groups in total. The average molecular weight is 318 g/mol. The summed E-state index contributed by atoms with van der Waals surface area (Å²) in [4.78, 5) is 19.2. The van der Waals surface area contributed by atoms with Crippen molar-refractivity contribution < 1.29 is 4.79 Å². The maximum Gasteiger partial charge on any atom is 0.319 e. The molecular weight excluding hydrogens is 288 g/mol. The lowest BCUT2D eigenvalue weighted by atomic mass is 9.98. The SMILES string of the molecule is Cc1cc(C)c(NC(=O)NC2CCN(C(C)(C)C)CC2)c(C)n1. The van der Waals surface area contributed by atoms with Crippen LogP contribution in [-0.4, -0.2) is 40.6 Å². The Morgan fingerprint density at radius 1 is 1.22 bits per heavy atom. The first-order chi connectivity index (χ1) is 10.7. The zero-order valence-corrected chi connectivity index (χ0v) is 15.3. The molecule has 5 nitrogen and oxygen atoms in total. The average Bonchev–Trinajstić information content (AvgIpc) is 2.42. The number of amides is 2. The lowest BCUT2D eigenvalue weighted by molar-refractivity contribution is 0.0983. The maximum absolute atomic E-state index is 12.3. The zero-order valence-electron chi connectivity index (χ0n) is 15.3. The summed E-state index contributed by atoms with van der Waals surface area (Å²) in [5.74, 6) is 0. The molecule has 5 heteroatoms. The highest BCUT2D eigenvalue weighted by Crippen LogP contribution is 2.21. The Labute approximate surface area is 139 Å². The molecule has 0 aromatic carbocycles. The van der Waals surface area contributed by atoms with Crippen molar-refractivity contribution >= 4 is 11.7 Å². The summed E-state index contributed by atoms with van der Waals surface area (Å²) in [5.41, 5.74) is 3.91. The van der Waals surface area contributed by atoms with E-state index in [1.807, 2.05) is 26.8 Å². The summed E-state index contributed by atoms with van der Waals surface area (Å²) in [7, 11) is 0. The molecule has 1 aromatic heterocycles. The largest absolute Gasteiger partial charge is 0.335 e. The van der Waals surface area contributed by atoms with E-state index in [1.165, 1.54) is 0 Å². The molecule has 0 bridgehead atoms. The summed E-state index contributed by atoms with van der Waals surface area (Å²) >= 11 is 0. The van der Waals surface area contributed by atoms with Gasteiger partial charge in [0.1, 0.15) is 0 Å². The van der Waals surface area contributed by atoms with Crippen LogP contribution in [-0.2, 0) is 0 Å². The Kier molecular flexibility index (Phi) is 5.30. The number of carbonyl (C=O) groups excluding carboxylic acids is 1. The number of piperidine rings is 1. The van der Waals surface area contributed by atoms with E-state index in [2.05, 4.69) is 41.3 Å². The van der Waals surface area contributed by atoms with Crippen LogP contribution in [0.2, 0.25) is 0 Å². The van der Waals surface area contributed by atoms with Crippen molar-refractivity contribution in [2.45, 2.75) is 66.0 Å². The third kappa shape index (κ3) is 4.67. The summed E-state index contributed by atoms with van der Waals surface area (Å²) in [6, 6.07) is 2.11. The number of likely N-dealkylation sites (tertiary alicyclic amines) is 1. The summed E-state index contributed by atoms with van der Waals surface area (Å²) < 4.78 is 0. The Bertz CT molecular complexity index is 546. The number of aryl methyl sites for hydroxylation is 3. The van der Waals surface area contributed by atoms with Gasteiger partial charge >= 0.3 is 6.03 Å². The second-order valence-electron chi connectivity index (χ2n) is 7.57. The Balaban J connectivity index is 1.89. The van der Waals surface area contributed by atoms with Crippen molar-refractivity contribution in [2.24, 2.45) is 0 Å². The number of pyridine rings is 1. The molecule has 0 aliphatic carbocycles. The summed E-state index contributed by atoms with van der Waals surface area (Å²) in [6.07, 6.45) is 1.99. The topological polar surface area (TPSA) is 57.3 Å². The fourth-order valence-electron chi connectivity index (χ4n) is 3.24. The normalized spacial score (nSPS) is 17.1. The van der Waals surface area contributed by atoms with Crippen molar-refractivity contribution in [3.63, 3.8) is 0 Å². The first-order valence-electron chi connectivity index (χ1n) is 8.44. The van der Waals surface area contributed by atoms with Crippen LogP contribution in [0.5, 0.6) is 0 Å². The fourth-order valence-corrected chi connectivity index (χ4v) is 3.24. The van der Waals surface area contributed by atoms with Crippen molar-refractivity contribution in [3.8, 4) is 0 Å². The van der Waals surface area contributed by atoms with E-state index >= 15 is 0 Å². The molecule has 0 saturated carbocycles. The molecule has 1 aliphatic rings. The second-order valence-corrected chi connectivity index (χ2v) is 7.57. The predicted octanol–water partition coefficient (Wildman–Crippen LogP) is 3.39. The molecule has 2 rings (SSSR count). The molecule has 128 valence electrons.